The SMILES string of the molecule is CC(CN)N(C)C(=O)C1CC(=O)N(CCN2CCOCC2)C1.Cl.Cl. The molecular formula is C15H30Cl2N4O3. The summed E-state index contributed by atoms with van der Waals surface area (Å²) in [5.74, 6) is -0.114. The number of ether oxygens (including phenoxy) is 1. The summed E-state index contributed by atoms with van der Waals surface area (Å²) in [5, 5.41) is 0. The number of amides is 2. The maximum absolute atomic E-state index is 12.4. The van der Waals surface area contributed by atoms with Gasteiger partial charge in [-0.05, 0) is 6.92 Å². The van der Waals surface area contributed by atoms with Gasteiger partial charge in [-0.1, -0.05) is 0 Å². The summed E-state index contributed by atoms with van der Waals surface area (Å²) >= 11 is 0. The van der Waals surface area contributed by atoms with E-state index in [-0.39, 0.29) is 48.6 Å². The fourth-order valence-electron chi connectivity index (χ4n) is 2.90. The average Bonchev–Trinajstić information content (AvgIpc) is 2.92. The summed E-state index contributed by atoms with van der Waals surface area (Å²) in [4.78, 5) is 30.3. The molecule has 2 heterocycles. The van der Waals surface area contributed by atoms with Crippen LogP contribution in [-0.4, -0.2) is 92.1 Å². The monoisotopic (exact) mass is 384 g/mol. The van der Waals surface area contributed by atoms with Crippen LogP contribution in [0.1, 0.15) is 13.3 Å². The molecule has 0 aliphatic carbocycles. The minimum atomic E-state index is -0.226. The molecular weight excluding hydrogens is 355 g/mol. The molecule has 2 atom stereocenters. The molecule has 2 unspecified atom stereocenters. The third kappa shape index (κ3) is 6.04. The number of nitrogens with zero attached hydrogens (tertiary/aromatic N) is 3. The van der Waals surface area contributed by atoms with Crippen LogP contribution < -0.4 is 5.73 Å². The number of carbonyl (C=O) groups is 2. The van der Waals surface area contributed by atoms with Crippen LogP contribution in [-0.2, 0) is 14.3 Å². The van der Waals surface area contributed by atoms with Crippen molar-refractivity contribution in [1.82, 2.24) is 14.7 Å². The molecule has 9 heteroatoms. The summed E-state index contributed by atoms with van der Waals surface area (Å²) in [6, 6.07) is 0.00463. The first-order valence-corrected chi connectivity index (χ1v) is 8.07. The van der Waals surface area contributed by atoms with E-state index in [1.165, 1.54) is 0 Å². The summed E-state index contributed by atoms with van der Waals surface area (Å²) in [5.41, 5.74) is 5.61. The molecule has 0 radical (unpaired) electrons. The highest BCUT2D eigenvalue weighted by Gasteiger charge is 2.36. The topological polar surface area (TPSA) is 79.1 Å². The summed E-state index contributed by atoms with van der Waals surface area (Å²) in [6.45, 7) is 7.79. The molecule has 0 saturated carbocycles. The number of likely N-dealkylation sites (N-methyl/N-ethyl adjacent to an activating group) is 1. The van der Waals surface area contributed by atoms with Gasteiger partial charge in [0.05, 0.1) is 19.1 Å². The Balaban J connectivity index is 0.00000264. The number of hydrogen-bond acceptors (Lipinski definition) is 5. The average molecular weight is 385 g/mol. The van der Waals surface area contributed by atoms with Crippen molar-refractivity contribution in [3.05, 3.63) is 0 Å². The Labute approximate surface area is 156 Å². The van der Waals surface area contributed by atoms with Crippen LogP contribution >= 0.6 is 24.8 Å². The number of halogens is 2. The van der Waals surface area contributed by atoms with Crippen molar-refractivity contribution in [3.63, 3.8) is 0 Å². The van der Waals surface area contributed by atoms with E-state index in [1.54, 1.807) is 11.9 Å². The second kappa shape index (κ2) is 11.1. The highest BCUT2D eigenvalue weighted by Crippen LogP contribution is 2.20. The molecule has 2 fully saturated rings. The van der Waals surface area contributed by atoms with Crippen LogP contribution in [0.5, 0.6) is 0 Å². The Hall–Kier alpha value is -0.600. The number of nitrogens with two attached hydrogens (primary N) is 1. The van der Waals surface area contributed by atoms with E-state index in [1.807, 2.05) is 11.8 Å². The zero-order chi connectivity index (χ0) is 16.1. The van der Waals surface area contributed by atoms with E-state index in [0.717, 1.165) is 32.8 Å². The Kier molecular flexibility index (Phi) is 10.8. The fourth-order valence-corrected chi connectivity index (χ4v) is 2.90. The summed E-state index contributed by atoms with van der Waals surface area (Å²) < 4.78 is 5.32. The van der Waals surface area contributed by atoms with Crippen LogP contribution in [0.2, 0.25) is 0 Å². The predicted molar refractivity (Wildman–Crippen MR) is 97.7 cm³/mol. The van der Waals surface area contributed by atoms with Gasteiger partial charge in [0.15, 0.2) is 0 Å². The van der Waals surface area contributed by atoms with Gasteiger partial charge >= 0.3 is 0 Å². The lowest BCUT2D eigenvalue weighted by molar-refractivity contribution is -0.136. The smallest absolute Gasteiger partial charge is 0.228 e. The second-order valence-electron chi connectivity index (χ2n) is 6.23. The van der Waals surface area contributed by atoms with Gasteiger partial charge in [0.2, 0.25) is 11.8 Å². The van der Waals surface area contributed by atoms with Crippen LogP contribution in [0.15, 0.2) is 0 Å². The quantitative estimate of drug-likeness (QED) is 0.686. The Morgan fingerprint density at radius 2 is 1.96 bits per heavy atom. The number of hydrogen-bond donors (Lipinski definition) is 1. The third-order valence-corrected chi connectivity index (χ3v) is 4.70. The highest BCUT2D eigenvalue weighted by molar-refractivity contribution is 5.89. The largest absolute Gasteiger partial charge is 0.379 e. The van der Waals surface area contributed by atoms with E-state index in [4.69, 9.17) is 10.5 Å². The van der Waals surface area contributed by atoms with Crippen molar-refractivity contribution in [1.29, 1.82) is 0 Å². The van der Waals surface area contributed by atoms with E-state index in [0.29, 0.717) is 26.1 Å². The molecule has 0 aromatic rings. The molecule has 0 aromatic heterocycles. The van der Waals surface area contributed by atoms with Crippen molar-refractivity contribution in [2.45, 2.75) is 19.4 Å². The van der Waals surface area contributed by atoms with Crippen molar-refractivity contribution >= 4 is 36.6 Å². The first kappa shape index (κ1) is 23.4. The number of rotatable bonds is 6. The third-order valence-electron chi connectivity index (χ3n) is 4.70. The molecule has 0 spiro atoms. The van der Waals surface area contributed by atoms with Crippen molar-refractivity contribution in [2.75, 3.05) is 59.5 Å². The lowest BCUT2D eigenvalue weighted by Gasteiger charge is -2.29. The van der Waals surface area contributed by atoms with Gasteiger partial charge in [0.1, 0.15) is 0 Å². The lowest BCUT2D eigenvalue weighted by Crippen LogP contribution is -2.44. The first-order valence-electron chi connectivity index (χ1n) is 8.07. The highest BCUT2D eigenvalue weighted by atomic mass is 35.5. The van der Waals surface area contributed by atoms with Crippen LogP contribution in [0, 0.1) is 5.92 Å². The van der Waals surface area contributed by atoms with Gasteiger partial charge < -0.3 is 20.3 Å². The fraction of sp³-hybridized carbons (Fsp3) is 0.867. The molecule has 142 valence electrons. The second-order valence-corrected chi connectivity index (χ2v) is 6.23. The molecule has 0 bridgehead atoms. The van der Waals surface area contributed by atoms with E-state index >= 15 is 0 Å². The first-order chi connectivity index (χ1) is 10.5. The zero-order valence-corrected chi connectivity index (χ0v) is 16.1. The maximum Gasteiger partial charge on any atom is 0.228 e. The van der Waals surface area contributed by atoms with Crippen molar-refractivity contribution in [2.24, 2.45) is 11.7 Å². The standard InChI is InChI=1S/C15H28N4O3.2ClH/c1-12(10-16)17(2)15(21)13-9-14(20)19(11-13)4-3-18-5-7-22-8-6-18;;/h12-13H,3-11,16H2,1-2H3;2*1H. The van der Waals surface area contributed by atoms with Crippen LogP contribution in [0.4, 0.5) is 0 Å². The summed E-state index contributed by atoms with van der Waals surface area (Å²) in [6.07, 6.45) is 0.323. The Bertz CT molecular complexity index is 408. The van der Waals surface area contributed by atoms with Crippen molar-refractivity contribution in [3.8, 4) is 0 Å². The molecule has 2 aliphatic rings. The Morgan fingerprint density at radius 3 is 2.54 bits per heavy atom. The molecule has 2 aliphatic heterocycles. The van der Waals surface area contributed by atoms with E-state index in [9.17, 15) is 9.59 Å². The van der Waals surface area contributed by atoms with E-state index < -0.39 is 0 Å². The van der Waals surface area contributed by atoms with Gasteiger partial charge in [-0.2, -0.15) is 0 Å². The lowest BCUT2D eigenvalue weighted by atomic mass is 10.1. The van der Waals surface area contributed by atoms with Gasteiger partial charge in [0, 0.05) is 58.8 Å². The molecule has 2 rings (SSSR count). The van der Waals surface area contributed by atoms with Crippen LogP contribution in [0.3, 0.4) is 0 Å². The normalized spacial score (nSPS) is 22.5. The number of likely N-dealkylation sites (tertiary alicyclic amines) is 1. The van der Waals surface area contributed by atoms with Gasteiger partial charge in [0.25, 0.3) is 0 Å². The molecule has 2 N–H and O–H groups in total. The van der Waals surface area contributed by atoms with Gasteiger partial charge in [-0.3, -0.25) is 14.5 Å². The molecule has 2 amide bonds. The molecule has 0 aromatic carbocycles. The number of carbonyl (C=O) groups excluding carboxylic acids is 2. The number of morpholine rings is 1. The van der Waals surface area contributed by atoms with Crippen LogP contribution in [0.25, 0.3) is 0 Å². The minimum absolute atomic E-state index is 0. The summed E-state index contributed by atoms with van der Waals surface area (Å²) in [7, 11) is 1.76. The maximum atomic E-state index is 12.4. The molecule has 7 nitrogen and oxygen atoms in total. The van der Waals surface area contributed by atoms with Crippen molar-refractivity contribution < 1.29 is 14.3 Å². The van der Waals surface area contributed by atoms with Gasteiger partial charge in [-0.15, -0.1) is 24.8 Å². The zero-order valence-electron chi connectivity index (χ0n) is 14.5. The molecule has 24 heavy (non-hydrogen) atoms. The van der Waals surface area contributed by atoms with E-state index in [2.05, 4.69) is 4.90 Å². The van der Waals surface area contributed by atoms with Gasteiger partial charge in [-0.25, -0.2) is 0 Å². The predicted octanol–water partition coefficient (Wildman–Crippen LogP) is -0.184. The Morgan fingerprint density at radius 1 is 1.33 bits per heavy atom. The molecule has 2 saturated heterocycles. The minimum Gasteiger partial charge on any atom is -0.379 e.